The maximum atomic E-state index is 13.9. The lowest BCUT2D eigenvalue weighted by molar-refractivity contribution is -0.147. The van der Waals surface area contributed by atoms with Crippen LogP contribution >= 0.6 is 0 Å². The predicted octanol–water partition coefficient (Wildman–Crippen LogP) is 4.04. The molecule has 1 saturated carbocycles. The molecule has 0 radical (unpaired) electrons. The molecule has 26 heavy (non-hydrogen) atoms. The van der Waals surface area contributed by atoms with Gasteiger partial charge in [-0.2, -0.15) is 14.0 Å². The number of methoxy groups -OCH3 is 1. The Hall–Kier alpha value is -2.56. The Balaban J connectivity index is 2.18. The standard InChI is InChI=1S/C18H17F4NO3/c1-8(6-23)5-10-11(18(10,2)3)17(24)26-7-9-12(19)14(21)16(25-4)15(22)13(9)20/h5,10-11H,7H2,1-4H3. The molecule has 1 fully saturated rings. The van der Waals surface area contributed by atoms with Crippen molar-refractivity contribution in [3.05, 3.63) is 40.5 Å². The number of carbonyl (C=O) groups is 1. The smallest absolute Gasteiger partial charge is 0.310 e. The molecule has 4 nitrogen and oxygen atoms in total. The molecule has 2 rings (SSSR count). The van der Waals surface area contributed by atoms with Crippen molar-refractivity contribution in [2.45, 2.75) is 27.4 Å². The number of ether oxygens (including phenoxy) is 2. The minimum absolute atomic E-state index is 0.270. The Bertz CT molecular complexity index is 798. The first-order chi connectivity index (χ1) is 12.1. The number of hydrogen-bond donors (Lipinski definition) is 0. The molecule has 0 N–H and O–H groups in total. The van der Waals surface area contributed by atoms with Crippen LogP contribution in [-0.4, -0.2) is 13.1 Å². The van der Waals surface area contributed by atoms with Gasteiger partial charge in [-0.1, -0.05) is 19.9 Å². The predicted molar refractivity (Wildman–Crippen MR) is 82.8 cm³/mol. The summed E-state index contributed by atoms with van der Waals surface area (Å²) in [4.78, 5) is 12.2. The van der Waals surface area contributed by atoms with Gasteiger partial charge < -0.3 is 9.47 Å². The van der Waals surface area contributed by atoms with Gasteiger partial charge in [0.15, 0.2) is 17.4 Å². The van der Waals surface area contributed by atoms with Crippen molar-refractivity contribution in [1.82, 2.24) is 0 Å². The van der Waals surface area contributed by atoms with Crippen LogP contribution in [-0.2, 0) is 16.1 Å². The first-order valence-corrected chi connectivity index (χ1v) is 7.71. The fourth-order valence-corrected chi connectivity index (χ4v) is 2.94. The first-order valence-electron chi connectivity index (χ1n) is 7.71. The quantitative estimate of drug-likeness (QED) is 0.339. The van der Waals surface area contributed by atoms with E-state index in [1.165, 1.54) is 0 Å². The van der Waals surface area contributed by atoms with E-state index in [0.717, 1.165) is 7.11 Å². The highest BCUT2D eigenvalue weighted by Crippen LogP contribution is 2.59. The zero-order valence-corrected chi connectivity index (χ0v) is 14.6. The van der Waals surface area contributed by atoms with Gasteiger partial charge >= 0.3 is 5.97 Å². The third kappa shape index (κ3) is 3.26. The van der Waals surface area contributed by atoms with Crippen molar-refractivity contribution in [2.75, 3.05) is 7.11 Å². The number of benzene rings is 1. The van der Waals surface area contributed by atoms with Crippen LogP contribution in [0.25, 0.3) is 0 Å². The Kier molecular flexibility index (Phi) is 5.31. The number of nitrogens with zero attached hydrogens (tertiary/aromatic N) is 1. The number of rotatable bonds is 5. The highest BCUT2D eigenvalue weighted by molar-refractivity contribution is 5.78. The summed E-state index contributed by atoms with van der Waals surface area (Å²) in [6.45, 7) is 4.18. The summed E-state index contributed by atoms with van der Waals surface area (Å²) >= 11 is 0. The number of esters is 1. The van der Waals surface area contributed by atoms with Crippen molar-refractivity contribution in [3.63, 3.8) is 0 Å². The highest BCUT2D eigenvalue weighted by atomic mass is 19.2. The van der Waals surface area contributed by atoms with Crippen LogP contribution in [0.15, 0.2) is 11.6 Å². The fourth-order valence-electron chi connectivity index (χ4n) is 2.94. The van der Waals surface area contributed by atoms with Crippen LogP contribution in [0, 0.1) is 51.9 Å². The monoisotopic (exact) mass is 371 g/mol. The molecule has 1 aliphatic carbocycles. The largest absolute Gasteiger partial charge is 0.491 e. The summed E-state index contributed by atoms with van der Waals surface area (Å²) in [6.07, 6.45) is 1.62. The van der Waals surface area contributed by atoms with Crippen molar-refractivity contribution < 1.29 is 31.8 Å². The second-order valence-electron chi connectivity index (χ2n) is 6.66. The first kappa shape index (κ1) is 19.8. The molecule has 1 aromatic carbocycles. The highest BCUT2D eigenvalue weighted by Gasteiger charge is 2.61. The van der Waals surface area contributed by atoms with E-state index >= 15 is 0 Å². The van der Waals surface area contributed by atoms with E-state index in [9.17, 15) is 22.4 Å². The lowest BCUT2D eigenvalue weighted by atomic mass is 10.1. The van der Waals surface area contributed by atoms with Gasteiger partial charge in [0.1, 0.15) is 6.61 Å². The van der Waals surface area contributed by atoms with Gasteiger partial charge in [-0.3, -0.25) is 4.79 Å². The molecule has 0 saturated heterocycles. The molecule has 1 aromatic rings. The topological polar surface area (TPSA) is 59.3 Å². The third-order valence-corrected chi connectivity index (χ3v) is 4.65. The van der Waals surface area contributed by atoms with Crippen LogP contribution in [0.3, 0.4) is 0 Å². The number of halogens is 4. The molecule has 2 atom stereocenters. The Morgan fingerprint density at radius 1 is 1.19 bits per heavy atom. The average Bonchev–Trinajstić information content (AvgIpc) is 3.13. The van der Waals surface area contributed by atoms with Crippen LogP contribution in [0.1, 0.15) is 26.3 Å². The molecule has 0 aliphatic heterocycles. The maximum absolute atomic E-state index is 13.9. The SMILES string of the molecule is COc1c(F)c(F)c(COC(=O)C2C(C=C(C)C#N)C2(C)C)c(F)c1F. The van der Waals surface area contributed by atoms with E-state index in [1.807, 2.05) is 6.07 Å². The summed E-state index contributed by atoms with van der Waals surface area (Å²) in [5, 5.41) is 8.82. The van der Waals surface area contributed by atoms with Gasteiger partial charge in [0.25, 0.3) is 0 Å². The maximum Gasteiger partial charge on any atom is 0.310 e. The number of allylic oxidation sites excluding steroid dienone is 2. The van der Waals surface area contributed by atoms with Gasteiger partial charge in [-0.05, 0) is 18.3 Å². The van der Waals surface area contributed by atoms with Gasteiger partial charge in [0, 0.05) is 5.57 Å². The van der Waals surface area contributed by atoms with Crippen molar-refractivity contribution >= 4 is 5.97 Å². The molecular weight excluding hydrogens is 354 g/mol. The molecule has 0 amide bonds. The van der Waals surface area contributed by atoms with E-state index in [1.54, 1.807) is 26.8 Å². The van der Waals surface area contributed by atoms with Crippen molar-refractivity contribution in [3.8, 4) is 11.8 Å². The van der Waals surface area contributed by atoms with Gasteiger partial charge in [0.2, 0.25) is 11.6 Å². The van der Waals surface area contributed by atoms with Crippen molar-refractivity contribution in [1.29, 1.82) is 5.26 Å². The van der Waals surface area contributed by atoms with Crippen LogP contribution in [0.4, 0.5) is 17.6 Å². The normalized spacial score (nSPS) is 21.1. The molecule has 0 bridgehead atoms. The van der Waals surface area contributed by atoms with E-state index in [2.05, 4.69) is 4.74 Å². The minimum Gasteiger partial charge on any atom is -0.491 e. The van der Waals surface area contributed by atoms with E-state index in [4.69, 9.17) is 10.00 Å². The van der Waals surface area contributed by atoms with Gasteiger partial charge in [0.05, 0.1) is 24.7 Å². The third-order valence-electron chi connectivity index (χ3n) is 4.65. The van der Waals surface area contributed by atoms with Crippen LogP contribution in [0.5, 0.6) is 5.75 Å². The lowest BCUT2D eigenvalue weighted by Gasteiger charge is -2.11. The number of carbonyl (C=O) groups excluding carboxylic acids is 1. The molecule has 1 aliphatic rings. The van der Waals surface area contributed by atoms with Gasteiger partial charge in [-0.25, -0.2) is 8.78 Å². The second kappa shape index (κ2) is 6.98. The zero-order chi connectivity index (χ0) is 19.8. The summed E-state index contributed by atoms with van der Waals surface area (Å²) in [5.41, 5.74) is -1.11. The summed E-state index contributed by atoms with van der Waals surface area (Å²) in [5.74, 6) is -9.60. The number of hydrogen-bond acceptors (Lipinski definition) is 4. The van der Waals surface area contributed by atoms with E-state index in [-0.39, 0.29) is 5.92 Å². The fraction of sp³-hybridized carbons (Fsp3) is 0.444. The molecule has 2 unspecified atom stereocenters. The zero-order valence-electron chi connectivity index (χ0n) is 14.6. The van der Waals surface area contributed by atoms with Crippen molar-refractivity contribution in [2.24, 2.45) is 17.3 Å². The number of nitriles is 1. The van der Waals surface area contributed by atoms with Crippen LogP contribution in [0.2, 0.25) is 0 Å². The van der Waals surface area contributed by atoms with E-state index in [0.29, 0.717) is 5.57 Å². The van der Waals surface area contributed by atoms with Gasteiger partial charge in [-0.15, -0.1) is 0 Å². The Morgan fingerprint density at radius 2 is 1.73 bits per heavy atom. The molecule has 0 aromatic heterocycles. The average molecular weight is 371 g/mol. The summed E-state index contributed by atoms with van der Waals surface area (Å²) in [6, 6.07) is 1.94. The Labute approximate surface area is 148 Å². The second-order valence-corrected chi connectivity index (χ2v) is 6.66. The van der Waals surface area contributed by atoms with Crippen LogP contribution < -0.4 is 4.74 Å². The molecule has 8 heteroatoms. The lowest BCUT2D eigenvalue weighted by Crippen LogP contribution is -2.14. The summed E-state index contributed by atoms with van der Waals surface area (Å²) < 4.78 is 64.3. The van der Waals surface area contributed by atoms with E-state index < -0.39 is 58.5 Å². The molecular formula is C18H17F4NO3. The Morgan fingerprint density at radius 3 is 2.19 bits per heavy atom. The molecule has 140 valence electrons. The molecule has 0 heterocycles. The minimum atomic E-state index is -1.70. The summed E-state index contributed by atoms with van der Waals surface area (Å²) in [7, 11) is 0.867. The molecule has 0 spiro atoms.